The molecule has 1 saturated heterocycles. The normalized spacial score (nSPS) is 17.9. The summed E-state index contributed by atoms with van der Waals surface area (Å²) in [6.07, 6.45) is 0.660. The number of hydrogen-bond acceptors (Lipinski definition) is 3. The molecule has 8 heteroatoms. The molecule has 0 radical (unpaired) electrons. The second-order valence-electron chi connectivity index (χ2n) is 4.38. The molecular formula is C12H14Cl3NO3S. The maximum absolute atomic E-state index is 12.6. The fourth-order valence-electron chi connectivity index (χ4n) is 1.97. The molecule has 0 spiro atoms. The minimum absolute atomic E-state index is 0.0427. The molecule has 20 heavy (non-hydrogen) atoms. The maximum atomic E-state index is 12.6. The van der Waals surface area contributed by atoms with Crippen molar-refractivity contribution in [1.29, 1.82) is 0 Å². The van der Waals surface area contributed by atoms with Gasteiger partial charge >= 0.3 is 0 Å². The first-order valence-electron chi connectivity index (χ1n) is 6.08. The summed E-state index contributed by atoms with van der Waals surface area (Å²) in [5.74, 6) is 0.127. The molecule has 2 rings (SSSR count). The minimum Gasteiger partial charge on any atom is -0.380 e. The van der Waals surface area contributed by atoms with E-state index in [9.17, 15) is 8.42 Å². The zero-order valence-electron chi connectivity index (χ0n) is 10.6. The van der Waals surface area contributed by atoms with Crippen LogP contribution < -0.4 is 0 Å². The van der Waals surface area contributed by atoms with E-state index in [4.69, 9.17) is 39.5 Å². The van der Waals surface area contributed by atoms with Crippen molar-refractivity contribution in [2.24, 2.45) is 0 Å². The smallest absolute Gasteiger partial charge is 0.244 e. The molecule has 0 amide bonds. The third kappa shape index (κ3) is 3.40. The molecule has 0 unspecified atom stereocenters. The molecule has 0 aliphatic carbocycles. The van der Waals surface area contributed by atoms with Crippen molar-refractivity contribution >= 4 is 44.8 Å². The van der Waals surface area contributed by atoms with Gasteiger partial charge in [0.25, 0.3) is 0 Å². The van der Waals surface area contributed by atoms with Crippen LogP contribution >= 0.6 is 34.8 Å². The van der Waals surface area contributed by atoms with E-state index in [1.807, 2.05) is 0 Å². The SMILES string of the molecule is O=S(=O)(c1cc(CCl)c(Cl)cc1Cl)N1CCCOCC1. The van der Waals surface area contributed by atoms with Crippen molar-refractivity contribution in [2.75, 3.05) is 26.3 Å². The van der Waals surface area contributed by atoms with Crippen LogP contribution in [0.4, 0.5) is 0 Å². The Labute approximate surface area is 133 Å². The Balaban J connectivity index is 2.42. The first-order chi connectivity index (χ1) is 9.46. The Morgan fingerprint density at radius 3 is 2.60 bits per heavy atom. The van der Waals surface area contributed by atoms with Gasteiger partial charge in [0.2, 0.25) is 10.0 Å². The summed E-state index contributed by atoms with van der Waals surface area (Å²) >= 11 is 17.8. The highest BCUT2D eigenvalue weighted by atomic mass is 35.5. The summed E-state index contributed by atoms with van der Waals surface area (Å²) in [7, 11) is -3.66. The van der Waals surface area contributed by atoms with E-state index in [-0.39, 0.29) is 15.8 Å². The predicted octanol–water partition coefficient (Wildman–Crippen LogP) is 3.14. The van der Waals surface area contributed by atoms with Gasteiger partial charge < -0.3 is 4.74 Å². The Hall–Kier alpha value is -0.0400. The highest BCUT2D eigenvalue weighted by Crippen LogP contribution is 2.31. The van der Waals surface area contributed by atoms with Crippen LogP contribution in [-0.2, 0) is 20.6 Å². The lowest BCUT2D eigenvalue weighted by Crippen LogP contribution is -2.33. The molecule has 112 valence electrons. The summed E-state index contributed by atoms with van der Waals surface area (Å²) in [5, 5.41) is 0.470. The summed E-state index contributed by atoms with van der Waals surface area (Å²) in [4.78, 5) is 0.0427. The summed E-state index contributed by atoms with van der Waals surface area (Å²) in [6.45, 7) is 1.68. The van der Waals surface area contributed by atoms with Gasteiger partial charge in [-0.1, -0.05) is 23.2 Å². The second-order valence-corrected chi connectivity index (χ2v) is 7.37. The number of benzene rings is 1. The van der Waals surface area contributed by atoms with E-state index in [1.165, 1.54) is 16.4 Å². The molecular weight excluding hydrogens is 345 g/mol. The number of hydrogen-bond donors (Lipinski definition) is 0. The van der Waals surface area contributed by atoms with Crippen LogP contribution in [0.1, 0.15) is 12.0 Å². The molecule has 1 aromatic carbocycles. The van der Waals surface area contributed by atoms with E-state index >= 15 is 0 Å². The third-order valence-corrected chi connectivity index (χ3v) is 6.05. The molecule has 0 atom stereocenters. The van der Waals surface area contributed by atoms with Crippen molar-refractivity contribution in [3.05, 3.63) is 27.7 Å². The Kier molecular flexibility index (Phi) is 5.56. The van der Waals surface area contributed by atoms with Gasteiger partial charge in [-0.3, -0.25) is 0 Å². The molecule has 1 heterocycles. The minimum atomic E-state index is -3.66. The zero-order valence-corrected chi connectivity index (χ0v) is 13.7. The number of rotatable bonds is 3. The molecule has 0 bridgehead atoms. The Morgan fingerprint density at radius 2 is 1.90 bits per heavy atom. The largest absolute Gasteiger partial charge is 0.380 e. The third-order valence-electron chi connectivity index (χ3n) is 3.04. The number of alkyl halides is 1. The van der Waals surface area contributed by atoms with Crippen molar-refractivity contribution in [3.63, 3.8) is 0 Å². The number of halogens is 3. The lowest BCUT2D eigenvalue weighted by Gasteiger charge is -2.20. The Bertz CT molecular complexity index is 584. The average molecular weight is 359 g/mol. The molecule has 0 N–H and O–H groups in total. The maximum Gasteiger partial charge on any atom is 0.244 e. The molecule has 1 fully saturated rings. The van der Waals surface area contributed by atoms with E-state index in [0.717, 1.165) is 0 Å². The second kappa shape index (κ2) is 6.81. The fourth-order valence-corrected chi connectivity index (χ4v) is 4.57. The molecule has 0 saturated carbocycles. The number of nitrogens with zero attached hydrogens (tertiary/aromatic N) is 1. The van der Waals surface area contributed by atoms with Gasteiger partial charge in [-0.25, -0.2) is 8.42 Å². The molecule has 1 aliphatic heterocycles. The topological polar surface area (TPSA) is 46.6 Å². The lowest BCUT2D eigenvalue weighted by atomic mass is 10.2. The van der Waals surface area contributed by atoms with Gasteiger partial charge in [-0.05, 0) is 24.1 Å². The summed E-state index contributed by atoms with van der Waals surface area (Å²) in [6, 6.07) is 2.86. The highest BCUT2D eigenvalue weighted by Gasteiger charge is 2.28. The Morgan fingerprint density at radius 1 is 1.15 bits per heavy atom. The van der Waals surface area contributed by atoms with E-state index in [0.29, 0.717) is 43.3 Å². The van der Waals surface area contributed by atoms with Crippen molar-refractivity contribution in [1.82, 2.24) is 4.31 Å². The van der Waals surface area contributed by atoms with Crippen LogP contribution in [-0.4, -0.2) is 39.0 Å². The van der Waals surface area contributed by atoms with Crippen molar-refractivity contribution in [2.45, 2.75) is 17.2 Å². The molecule has 1 aliphatic rings. The van der Waals surface area contributed by atoms with E-state index < -0.39 is 10.0 Å². The number of ether oxygens (including phenoxy) is 1. The zero-order chi connectivity index (χ0) is 14.8. The summed E-state index contributed by atoms with van der Waals surface area (Å²) in [5.41, 5.74) is 0.544. The first-order valence-corrected chi connectivity index (χ1v) is 8.81. The van der Waals surface area contributed by atoms with Gasteiger partial charge in [0.1, 0.15) is 4.90 Å². The fraction of sp³-hybridized carbons (Fsp3) is 0.500. The van der Waals surface area contributed by atoms with Crippen LogP contribution in [0.3, 0.4) is 0 Å². The van der Waals surface area contributed by atoms with Crippen LogP contribution in [0.5, 0.6) is 0 Å². The molecule has 1 aromatic rings. The molecule has 0 aromatic heterocycles. The van der Waals surface area contributed by atoms with Crippen LogP contribution in [0.15, 0.2) is 17.0 Å². The van der Waals surface area contributed by atoms with Crippen molar-refractivity contribution < 1.29 is 13.2 Å². The van der Waals surface area contributed by atoms with Gasteiger partial charge in [-0.15, -0.1) is 11.6 Å². The average Bonchev–Trinajstić information content (AvgIpc) is 2.67. The van der Waals surface area contributed by atoms with Gasteiger partial charge in [0, 0.05) is 30.6 Å². The summed E-state index contributed by atoms with van der Waals surface area (Å²) < 4.78 is 31.9. The lowest BCUT2D eigenvalue weighted by molar-refractivity contribution is 0.148. The van der Waals surface area contributed by atoms with Crippen LogP contribution in [0, 0.1) is 0 Å². The van der Waals surface area contributed by atoms with Crippen molar-refractivity contribution in [3.8, 4) is 0 Å². The van der Waals surface area contributed by atoms with Gasteiger partial charge in [-0.2, -0.15) is 4.31 Å². The highest BCUT2D eigenvalue weighted by molar-refractivity contribution is 7.89. The monoisotopic (exact) mass is 357 g/mol. The quantitative estimate of drug-likeness (QED) is 0.780. The molecule has 4 nitrogen and oxygen atoms in total. The van der Waals surface area contributed by atoms with Crippen LogP contribution in [0.2, 0.25) is 10.0 Å². The van der Waals surface area contributed by atoms with E-state index in [1.54, 1.807) is 0 Å². The van der Waals surface area contributed by atoms with Gasteiger partial charge in [0.15, 0.2) is 0 Å². The van der Waals surface area contributed by atoms with Crippen LogP contribution in [0.25, 0.3) is 0 Å². The predicted molar refractivity (Wildman–Crippen MR) is 80.2 cm³/mol. The number of sulfonamides is 1. The first kappa shape index (κ1) is 16.3. The van der Waals surface area contributed by atoms with E-state index in [2.05, 4.69) is 0 Å². The van der Waals surface area contributed by atoms with Gasteiger partial charge in [0.05, 0.1) is 11.6 Å². The standard InChI is InChI=1S/C12H14Cl3NO3S/c13-8-9-6-12(11(15)7-10(9)14)20(17,18)16-2-1-4-19-5-3-16/h6-7H,1-5,8H2.